The first kappa shape index (κ1) is 14.3. The quantitative estimate of drug-likeness (QED) is 0.330. The summed E-state index contributed by atoms with van der Waals surface area (Å²) >= 11 is 1.26. The maximum Gasteiger partial charge on any atom is 0.253 e. The third kappa shape index (κ3) is 3.25. The van der Waals surface area contributed by atoms with Crippen LogP contribution >= 0.6 is 11.8 Å². The first-order valence-electron chi connectivity index (χ1n) is 5.59. The summed E-state index contributed by atoms with van der Waals surface area (Å²) in [6.07, 6.45) is -2.95. The molecule has 0 bridgehead atoms. The molecule has 0 spiro atoms. The second kappa shape index (κ2) is 5.88. The molecule has 0 amide bonds. The van der Waals surface area contributed by atoms with Crippen LogP contribution < -0.4 is 10.9 Å². The maximum atomic E-state index is 11.4. The van der Waals surface area contributed by atoms with Crippen LogP contribution in [0.5, 0.6) is 0 Å². The summed E-state index contributed by atoms with van der Waals surface area (Å²) in [5.41, 5.74) is -0.340. The number of nitrogens with zero attached hydrogens (tertiary/aromatic N) is 1. The number of aromatic nitrogens is 2. The summed E-state index contributed by atoms with van der Waals surface area (Å²) in [5.74, 6) is 0.223. The fourth-order valence-electron chi connectivity index (χ4n) is 1.68. The lowest BCUT2D eigenvalue weighted by molar-refractivity contribution is -0.178. The van der Waals surface area contributed by atoms with Crippen LogP contribution in [0.3, 0.4) is 0 Å². The van der Waals surface area contributed by atoms with E-state index in [1.54, 1.807) is 6.26 Å². The molecule has 1 aliphatic rings. The summed E-state index contributed by atoms with van der Waals surface area (Å²) in [5, 5.41) is 31.7. The topological polar surface area (TPSA) is 128 Å². The number of rotatable bonds is 3. The SMILES string of the molecule is CSc1nc(N[C@@H]2OC[C@@H](O)[C@@H](O)[C@H]2O)cc(=O)[nH]1. The molecule has 8 nitrogen and oxygen atoms in total. The van der Waals surface area contributed by atoms with Gasteiger partial charge >= 0.3 is 0 Å². The molecule has 9 heteroatoms. The molecule has 2 heterocycles. The Morgan fingerprint density at radius 1 is 1.47 bits per heavy atom. The van der Waals surface area contributed by atoms with Gasteiger partial charge in [-0.1, -0.05) is 11.8 Å². The number of aromatic amines is 1. The summed E-state index contributed by atoms with van der Waals surface area (Å²) < 4.78 is 5.16. The maximum absolute atomic E-state index is 11.4. The van der Waals surface area contributed by atoms with Crippen molar-refractivity contribution in [3.8, 4) is 0 Å². The number of aliphatic hydroxyl groups excluding tert-OH is 3. The number of nitrogens with one attached hydrogen (secondary N) is 2. The van der Waals surface area contributed by atoms with Gasteiger partial charge in [-0.3, -0.25) is 4.79 Å². The molecule has 4 atom stereocenters. The molecule has 5 N–H and O–H groups in total. The summed E-state index contributed by atoms with van der Waals surface area (Å²) in [7, 11) is 0. The Labute approximate surface area is 112 Å². The lowest BCUT2D eigenvalue weighted by Crippen LogP contribution is -2.55. The zero-order valence-corrected chi connectivity index (χ0v) is 10.9. The molecular formula is C10H15N3O5S. The molecule has 0 aliphatic carbocycles. The highest BCUT2D eigenvalue weighted by molar-refractivity contribution is 7.98. The van der Waals surface area contributed by atoms with Crippen molar-refractivity contribution in [2.45, 2.75) is 29.7 Å². The fraction of sp³-hybridized carbons (Fsp3) is 0.600. The summed E-state index contributed by atoms with van der Waals surface area (Å²) in [6, 6.07) is 1.22. The van der Waals surface area contributed by atoms with Crippen molar-refractivity contribution < 1.29 is 20.1 Å². The lowest BCUT2D eigenvalue weighted by Gasteiger charge is -2.35. The van der Waals surface area contributed by atoms with Crippen molar-refractivity contribution in [3.05, 3.63) is 16.4 Å². The molecule has 1 saturated heterocycles. The van der Waals surface area contributed by atoms with Gasteiger partial charge in [-0.2, -0.15) is 0 Å². The minimum Gasteiger partial charge on any atom is -0.388 e. The second-order valence-electron chi connectivity index (χ2n) is 4.09. The van der Waals surface area contributed by atoms with Gasteiger partial charge in [-0.25, -0.2) is 4.98 Å². The smallest absolute Gasteiger partial charge is 0.253 e. The number of thioether (sulfide) groups is 1. The highest BCUT2D eigenvalue weighted by Gasteiger charge is 2.37. The van der Waals surface area contributed by atoms with E-state index in [1.807, 2.05) is 0 Å². The standard InChI is InChI=1S/C10H15N3O5S/c1-19-10-12-5(2-6(15)13-10)11-9-8(17)7(16)4(14)3-18-9/h2,4,7-9,14,16-17H,3H2,1H3,(H2,11,12,13,15)/t4-,7-,8-,9-/m1/s1. The van der Waals surface area contributed by atoms with Gasteiger partial charge in [0, 0.05) is 6.07 Å². The van der Waals surface area contributed by atoms with E-state index in [9.17, 15) is 20.1 Å². The summed E-state index contributed by atoms with van der Waals surface area (Å²) in [6.45, 7) is -0.117. The molecule has 106 valence electrons. The van der Waals surface area contributed by atoms with Crippen LogP contribution in [0.15, 0.2) is 16.0 Å². The average molecular weight is 289 g/mol. The molecule has 2 rings (SSSR count). The number of hydrogen-bond acceptors (Lipinski definition) is 8. The van der Waals surface area contributed by atoms with Gasteiger partial charge in [0.1, 0.15) is 24.1 Å². The minimum atomic E-state index is -1.32. The molecule has 0 unspecified atom stereocenters. The first-order valence-corrected chi connectivity index (χ1v) is 6.81. The monoisotopic (exact) mass is 289 g/mol. The Hall–Kier alpha value is -1.13. The highest BCUT2D eigenvalue weighted by atomic mass is 32.2. The third-order valence-electron chi connectivity index (χ3n) is 2.70. The van der Waals surface area contributed by atoms with Crippen LogP contribution in [0, 0.1) is 0 Å². The van der Waals surface area contributed by atoms with E-state index in [2.05, 4.69) is 15.3 Å². The van der Waals surface area contributed by atoms with Crippen molar-refractivity contribution in [2.75, 3.05) is 18.2 Å². The second-order valence-corrected chi connectivity index (χ2v) is 4.88. The van der Waals surface area contributed by atoms with E-state index in [0.29, 0.717) is 5.16 Å². The van der Waals surface area contributed by atoms with E-state index in [-0.39, 0.29) is 18.0 Å². The van der Waals surface area contributed by atoms with Gasteiger partial charge in [-0.15, -0.1) is 0 Å². The highest BCUT2D eigenvalue weighted by Crippen LogP contribution is 2.17. The van der Waals surface area contributed by atoms with Gasteiger partial charge < -0.3 is 30.4 Å². The Balaban J connectivity index is 2.13. The predicted octanol–water partition coefficient (Wildman–Crippen LogP) is -1.66. The Kier molecular flexibility index (Phi) is 4.42. The van der Waals surface area contributed by atoms with Crippen molar-refractivity contribution in [1.29, 1.82) is 0 Å². The molecule has 0 saturated carbocycles. The fourth-order valence-corrected chi connectivity index (χ4v) is 2.08. The van der Waals surface area contributed by atoms with Crippen LogP contribution in [0.1, 0.15) is 0 Å². The third-order valence-corrected chi connectivity index (χ3v) is 3.28. The molecule has 0 aromatic carbocycles. The van der Waals surface area contributed by atoms with Crippen LogP contribution in [0.25, 0.3) is 0 Å². The van der Waals surface area contributed by atoms with Gasteiger partial charge in [0.05, 0.1) is 6.61 Å². The molecular weight excluding hydrogens is 274 g/mol. The van der Waals surface area contributed by atoms with Crippen LogP contribution in [0.2, 0.25) is 0 Å². The lowest BCUT2D eigenvalue weighted by atomic mass is 10.0. The van der Waals surface area contributed by atoms with Crippen molar-refractivity contribution in [1.82, 2.24) is 9.97 Å². The molecule has 19 heavy (non-hydrogen) atoms. The van der Waals surface area contributed by atoms with Crippen LogP contribution in [0.4, 0.5) is 5.82 Å². The van der Waals surface area contributed by atoms with Gasteiger partial charge in [0.15, 0.2) is 11.4 Å². The number of hydrogen-bond donors (Lipinski definition) is 5. The zero-order valence-electron chi connectivity index (χ0n) is 10.1. The van der Waals surface area contributed by atoms with Crippen LogP contribution in [-0.4, -0.2) is 62.7 Å². The van der Waals surface area contributed by atoms with Crippen molar-refractivity contribution in [3.63, 3.8) is 0 Å². The summed E-state index contributed by atoms with van der Waals surface area (Å²) in [4.78, 5) is 18.0. The van der Waals surface area contributed by atoms with E-state index in [4.69, 9.17) is 4.74 Å². The zero-order chi connectivity index (χ0) is 14.0. The Morgan fingerprint density at radius 3 is 2.89 bits per heavy atom. The van der Waals surface area contributed by atoms with Crippen molar-refractivity contribution >= 4 is 17.6 Å². The Bertz CT molecular complexity index is 496. The number of anilines is 1. The molecule has 1 fully saturated rings. The molecule has 0 radical (unpaired) electrons. The Morgan fingerprint density at radius 2 is 2.21 bits per heavy atom. The van der Waals surface area contributed by atoms with Crippen molar-refractivity contribution in [2.24, 2.45) is 0 Å². The first-order chi connectivity index (χ1) is 9.01. The molecule has 1 aromatic heterocycles. The molecule has 1 aromatic rings. The normalized spacial score (nSPS) is 31.2. The van der Waals surface area contributed by atoms with E-state index in [1.165, 1.54) is 17.8 Å². The minimum absolute atomic E-state index is 0.117. The number of aliphatic hydroxyl groups is 3. The predicted molar refractivity (Wildman–Crippen MR) is 68.0 cm³/mol. The van der Waals surface area contributed by atoms with Crippen LogP contribution in [-0.2, 0) is 4.74 Å². The van der Waals surface area contributed by atoms with Gasteiger partial charge in [0.25, 0.3) is 5.56 Å². The number of H-pyrrole nitrogens is 1. The van der Waals surface area contributed by atoms with E-state index < -0.39 is 24.5 Å². The largest absolute Gasteiger partial charge is 0.388 e. The van der Waals surface area contributed by atoms with E-state index in [0.717, 1.165) is 0 Å². The van der Waals surface area contributed by atoms with Gasteiger partial charge in [-0.05, 0) is 6.26 Å². The number of ether oxygens (including phenoxy) is 1. The van der Waals surface area contributed by atoms with E-state index >= 15 is 0 Å². The molecule has 1 aliphatic heterocycles. The average Bonchev–Trinajstić information content (AvgIpc) is 2.39. The van der Waals surface area contributed by atoms with Gasteiger partial charge in [0.2, 0.25) is 0 Å².